The van der Waals surface area contributed by atoms with Crippen LogP contribution < -0.4 is 0 Å². The van der Waals surface area contributed by atoms with Gasteiger partial charge in [-0.1, -0.05) is 78.5 Å². The number of hydrogen-bond donors (Lipinski definition) is 0. The van der Waals surface area contributed by atoms with Crippen molar-refractivity contribution in [3.63, 3.8) is 0 Å². The molecule has 0 spiro atoms. The van der Waals surface area contributed by atoms with Crippen LogP contribution in [0.3, 0.4) is 0 Å². The van der Waals surface area contributed by atoms with E-state index in [9.17, 15) is 0 Å². The highest BCUT2D eigenvalue weighted by Gasteiger charge is 2.24. The van der Waals surface area contributed by atoms with Gasteiger partial charge in [0.2, 0.25) is 0 Å². The van der Waals surface area contributed by atoms with Gasteiger partial charge < -0.3 is 0 Å². The molecule has 0 aromatic heterocycles. The lowest BCUT2D eigenvalue weighted by molar-refractivity contribution is 1.13. The van der Waals surface area contributed by atoms with Crippen LogP contribution in [0.5, 0.6) is 0 Å². The van der Waals surface area contributed by atoms with Crippen LogP contribution in [0.2, 0.25) is 0 Å². The van der Waals surface area contributed by atoms with Gasteiger partial charge in [-0.25, -0.2) is 0 Å². The van der Waals surface area contributed by atoms with Crippen LogP contribution in [-0.4, -0.2) is 5.75 Å². The third kappa shape index (κ3) is 5.09. The minimum Gasteiger partial charge on any atom is -0.0901 e. The van der Waals surface area contributed by atoms with E-state index < -0.39 is 0 Å². The molecule has 0 saturated heterocycles. The van der Waals surface area contributed by atoms with Crippen molar-refractivity contribution in [2.45, 2.75) is 26.0 Å². The molecule has 0 bridgehead atoms. The molecule has 0 aliphatic heterocycles. The molecule has 1 atom stereocenters. The molecule has 0 heterocycles. The van der Waals surface area contributed by atoms with Gasteiger partial charge in [-0.15, -0.1) is 0 Å². The summed E-state index contributed by atoms with van der Waals surface area (Å²) in [6, 6.07) is 41.4. The van der Waals surface area contributed by atoms with Crippen LogP contribution in [0.1, 0.15) is 5.56 Å². The van der Waals surface area contributed by atoms with Gasteiger partial charge in [-0.05, 0) is 54.1 Å². The Balaban J connectivity index is 1.54. The van der Waals surface area contributed by atoms with Crippen LogP contribution in [-0.2, 0) is 17.3 Å². The van der Waals surface area contributed by atoms with Crippen LogP contribution in [0.15, 0.2) is 135 Å². The lowest BCUT2D eigenvalue weighted by Crippen LogP contribution is -2.11. The van der Waals surface area contributed by atoms with E-state index in [0.29, 0.717) is 0 Å². The zero-order chi connectivity index (χ0) is 19.0. The first-order valence-corrected chi connectivity index (χ1v) is 11.7. The molecular formula is C26H23S2+. The molecule has 4 aromatic carbocycles. The highest BCUT2D eigenvalue weighted by Crippen LogP contribution is 2.30. The summed E-state index contributed by atoms with van der Waals surface area (Å²) in [5.74, 6) is 1.14. The fraction of sp³-hybridized carbons (Fsp3) is 0.0769. The Labute approximate surface area is 175 Å². The number of hydrogen-bond acceptors (Lipinski definition) is 1. The summed E-state index contributed by atoms with van der Waals surface area (Å²) in [6.07, 6.45) is 1.10. The maximum Gasteiger partial charge on any atom is 0.160 e. The summed E-state index contributed by atoms with van der Waals surface area (Å²) in [6.45, 7) is 0. The van der Waals surface area contributed by atoms with Gasteiger partial charge in [0.15, 0.2) is 9.79 Å². The largest absolute Gasteiger partial charge is 0.160 e. The SMILES string of the molecule is c1ccc(CC[S+](c2ccccc2)c2ccc(Sc3ccccc3)cc2)cc1. The van der Waals surface area contributed by atoms with Crippen LogP contribution in [0.4, 0.5) is 0 Å². The molecule has 2 heteroatoms. The van der Waals surface area contributed by atoms with Crippen molar-refractivity contribution in [3.8, 4) is 0 Å². The second kappa shape index (κ2) is 9.68. The van der Waals surface area contributed by atoms with E-state index in [1.54, 1.807) is 0 Å². The fourth-order valence-corrected chi connectivity index (χ4v) is 6.09. The minimum atomic E-state index is 0.0843. The van der Waals surface area contributed by atoms with Gasteiger partial charge >= 0.3 is 0 Å². The van der Waals surface area contributed by atoms with Gasteiger partial charge in [0, 0.05) is 16.2 Å². The second-order valence-electron chi connectivity index (χ2n) is 6.53. The van der Waals surface area contributed by atoms with E-state index in [1.165, 1.54) is 25.1 Å². The van der Waals surface area contributed by atoms with Gasteiger partial charge in [-0.3, -0.25) is 0 Å². The average molecular weight is 400 g/mol. The van der Waals surface area contributed by atoms with E-state index in [1.807, 2.05) is 11.8 Å². The Bertz CT molecular complexity index is 965. The van der Waals surface area contributed by atoms with Crippen LogP contribution >= 0.6 is 11.8 Å². The Morgan fingerprint density at radius 3 is 1.64 bits per heavy atom. The number of aryl methyl sites for hydroxylation is 1. The minimum absolute atomic E-state index is 0.0843. The van der Waals surface area contributed by atoms with Crippen molar-refractivity contribution < 1.29 is 0 Å². The van der Waals surface area contributed by atoms with Crippen molar-refractivity contribution >= 4 is 22.7 Å². The standard InChI is InChI=1S/C26H23S2/c1-4-10-22(11-5-1)20-21-28(25-14-8-3-9-15-25)26-18-16-24(17-19-26)27-23-12-6-2-7-13-23/h1-19H,20-21H2/q+1. The molecule has 0 aliphatic rings. The Kier molecular flexibility index (Phi) is 6.54. The first-order chi connectivity index (χ1) is 13.9. The third-order valence-electron chi connectivity index (χ3n) is 4.55. The van der Waals surface area contributed by atoms with Crippen molar-refractivity contribution in [3.05, 3.63) is 121 Å². The molecule has 0 fully saturated rings. The molecule has 0 saturated carbocycles. The highest BCUT2D eigenvalue weighted by molar-refractivity contribution is 7.99. The van der Waals surface area contributed by atoms with Gasteiger partial charge in [0.05, 0.1) is 10.9 Å². The van der Waals surface area contributed by atoms with Gasteiger partial charge in [0.25, 0.3) is 0 Å². The lowest BCUT2D eigenvalue weighted by Gasteiger charge is -2.09. The monoisotopic (exact) mass is 399 g/mol. The summed E-state index contributed by atoms with van der Waals surface area (Å²) < 4.78 is 0. The van der Waals surface area contributed by atoms with Crippen molar-refractivity contribution in [2.24, 2.45) is 0 Å². The zero-order valence-corrected chi connectivity index (χ0v) is 17.3. The van der Waals surface area contributed by atoms with E-state index >= 15 is 0 Å². The van der Waals surface area contributed by atoms with Crippen LogP contribution in [0, 0.1) is 0 Å². The Morgan fingerprint density at radius 2 is 1.00 bits per heavy atom. The normalized spacial score (nSPS) is 11.9. The molecule has 0 nitrogen and oxygen atoms in total. The van der Waals surface area contributed by atoms with Crippen LogP contribution in [0.25, 0.3) is 0 Å². The first-order valence-electron chi connectivity index (χ1n) is 9.51. The van der Waals surface area contributed by atoms with E-state index in [0.717, 1.165) is 12.2 Å². The third-order valence-corrected chi connectivity index (χ3v) is 7.86. The van der Waals surface area contributed by atoms with E-state index in [4.69, 9.17) is 0 Å². The number of benzene rings is 4. The predicted octanol–water partition coefficient (Wildman–Crippen LogP) is 7.12. The molecule has 0 N–H and O–H groups in total. The van der Waals surface area contributed by atoms with Crippen molar-refractivity contribution in [2.75, 3.05) is 5.75 Å². The number of rotatable bonds is 7. The quantitative estimate of drug-likeness (QED) is 0.298. The Morgan fingerprint density at radius 1 is 0.500 bits per heavy atom. The maximum atomic E-state index is 2.31. The molecule has 4 rings (SSSR count). The van der Waals surface area contributed by atoms with E-state index in [2.05, 4.69) is 115 Å². The van der Waals surface area contributed by atoms with Crippen molar-refractivity contribution in [1.82, 2.24) is 0 Å². The second-order valence-corrected chi connectivity index (χ2v) is 9.81. The molecule has 0 amide bonds. The van der Waals surface area contributed by atoms with Gasteiger partial charge in [0.1, 0.15) is 5.75 Å². The zero-order valence-electron chi connectivity index (χ0n) is 15.7. The summed E-state index contributed by atoms with van der Waals surface area (Å²) >= 11 is 1.82. The smallest absolute Gasteiger partial charge is 0.0901 e. The summed E-state index contributed by atoms with van der Waals surface area (Å²) in [5.41, 5.74) is 1.41. The lowest BCUT2D eigenvalue weighted by atomic mass is 10.2. The average Bonchev–Trinajstić information content (AvgIpc) is 2.77. The topological polar surface area (TPSA) is 0 Å². The predicted molar refractivity (Wildman–Crippen MR) is 122 cm³/mol. The molecule has 4 aromatic rings. The summed E-state index contributed by atoms with van der Waals surface area (Å²) in [7, 11) is 0.0843. The highest BCUT2D eigenvalue weighted by atomic mass is 32.2. The van der Waals surface area contributed by atoms with Gasteiger partial charge in [-0.2, -0.15) is 0 Å². The molecule has 0 aliphatic carbocycles. The molecule has 28 heavy (non-hydrogen) atoms. The summed E-state index contributed by atoms with van der Waals surface area (Å²) in [5, 5.41) is 0. The molecule has 0 radical (unpaired) electrons. The Hall–Kier alpha value is -2.42. The molecular weight excluding hydrogens is 376 g/mol. The first kappa shape index (κ1) is 18.9. The molecule has 138 valence electrons. The fourth-order valence-electron chi connectivity index (χ4n) is 3.12. The molecule has 1 unspecified atom stereocenters. The maximum absolute atomic E-state index is 2.31. The van der Waals surface area contributed by atoms with E-state index in [-0.39, 0.29) is 10.9 Å². The van der Waals surface area contributed by atoms with Crippen molar-refractivity contribution in [1.29, 1.82) is 0 Å². The summed E-state index contributed by atoms with van der Waals surface area (Å²) in [4.78, 5) is 5.40.